The molecule has 0 aromatic carbocycles. The van der Waals surface area contributed by atoms with Gasteiger partial charge in [0.25, 0.3) is 0 Å². The van der Waals surface area contributed by atoms with Crippen molar-refractivity contribution in [3.63, 3.8) is 0 Å². The van der Waals surface area contributed by atoms with Gasteiger partial charge in [-0.05, 0) is 25.0 Å². The molecule has 0 radical (unpaired) electrons. The lowest BCUT2D eigenvalue weighted by Crippen LogP contribution is -1.99. The third-order valence-corrected chi connectivity index (χ3v) is 6.26. The summed E-state index contributed by atoms with van der Waals surface area (Å²) in [5, 5.41) is 26.8. The number of anilines is 2. The number of aliphatic hydroxyl groups is 2. The molecule has 1 aliphatic rings. The minimum absolute atomic E-state index is 0.323. The fourth-order valence-corrected chi connectivity index (χ4v) is 4.35. The van der Waals surface area contributed by atoms with Crippen LogP contribution in [0.5, 0.6) is 0 Å². The van der Waals surface area contributed by atoms with Gasteiger partial charge in [-0.2, -0.15) is 0 Å². The van der Waals surface area contributed by atoms with Crippen molar-refractivity contribution in [2.75, 3.05) is 11.9 Å². The Morgan fingerprint density at radius 3 is 2.96 bits per heavy atom. The van der Waals surface area contributed by atoms with Crippen molar-refractivity contribution in [2.24, 2.45) is 0 Å². The number of aliphatic hydroxyl groups excluding tert-OH is 2. The Morgan fingerprint density at radius 1 is 1.42 bits per heavy atom. The third kappa shape index (κ3) is 3.72. The van der Waals surface area contributed by atoms with Gasteiger partial charge in [0.2, 0.25) is 0 Å². The SMILES string of the molecule is OCC(O)c1ccc(-c2ncc(Cl)c(Nc3cc(C4CC4)n(I)n3)n2)s1. The molecule has 3 N–H and O–H groups in total. The van der Waals surface area contributed by atoms with E-state index in [2.05, 4.69) is 43.2 Å². The first-order valence-corrected chi connectivity index (χ1v) is 10.2. The quantitative estimate of drug-likeness (QED) is 0.442. The summed E-state index contributed by atoms with van der Waals surface area (Å²) in [4.78, 5) is 10.2. The van der Waals surface area contributed by atoms with E-state index in [1.165, 1.54) is 36.1 Å². The van der Waals surface area contributed by atoms with Crippen LogP contribution < -0.4 is 5.32 Å². The summed E-state index contributed by atoms with van der Waals surface area (Å²) in [5.41, 5.74) is 1.19. The van der Waals surface area contributed by atoms with Crippen LogP contribution in [0.25, 0.3) is 10.7 Å². The van der Waals surface area contributed by atoms with Crippen molar-refractivity contribution in [1.29, 1.82) is 0 Å². The van der Waals surface area contributed by atoms with Gasteiger partial charge >= 0.3 is 0 Å². The van der Waals surface area contributed by atoms with Crippen LogP contribution in [-0.2, 0) is 0 Å². The van der Waals surface area contributed by atoms with E-state index in [9.17, 15) is 5.11 Å². The highest BCUT2D eigenvalue weighted by atomic mass is 127. The second-order valence-electron chi connectivity index (χ2n) is 6.00. The molecule has 10 heteroatoms. The predicted molar refractivity (Wildman–Crippen MR) is 109 cm³/mol. The van der Waals surface area contributed by atoms with Crippen LogP contribution in [0, 0.1) is 0 Å². The van der Waals surface area contributed by atoms with E-state index in [0.717, 1.165) is 4.88 Å². The number of thiophene rings is 1. The molecule has 3 aromatic rings. The lowest BCUT2D eigenvalue weighted by molar-refractivity contribution is 0.0984. The van der Waals surface area contributed by atoms with Gasteiger partial charge in [-0.15, -0.1) is 16.4 Å². The third-order valence-electron chi connectivity index (χ3n) is 4.03. The topological polar surface area (TPSA) is 96.1 Å². The summed E-state index contributed by atoms with van der Waals surface area (Å²) in [6.07, 6.45) is 3.05. The Hall–Kier alpha value is -1.27. The molecule has 1 fully saturated rings. The lowest BCUT2D eigenvalue weighted by atomic mass is 10.3. The molecule has 4 rings (SSSR count). The maximum atomic E-state index is 9.74. The number of nitrogens with zero attached hydrogens (tertiary/aromatic N) is 4. The zero-order valence-corrected chi connectivity index (χ0v) is 17.2. The first kappa shape index (κ1) is 18.1. The maximum absolute atomic E-state index is 9.74. The number of nitrogens with one attached hydrogen (secondary N) is 1. The van der Waals surface area contributed by atoms with Gasteiger partial charge in [0, 0.05) is 16.9 Å². The molecule has 1 saturated carbocycles. The van der Waals surface area contributed by atoms with Crippen molar-refractivity contribution >= 4 is 57.4 Å². The second-order valence-corrected chi connectivity index (χ2v) is 8.44. The number of hydrogen-bond acceptors (Lipinski definition) is 7. The highest BCUT2D eigenvalue weighted by molar-refractivity contribution is 14.1. The molecule has 26 heavy (non-hydrogen) atoms. The second kappa shape index (κ2) is 7.39. The van der Waals surface area contributed by atoms with Crippen molar-refractivity contribution < 1.29 is 10.2 Å². The van der Waals surface area contributed by atoms with Crippen molar-refractivity contribution in [3.05, 3.63) is 40.0 Å². The van der Waals surface area contributed by atoms with Gasteiger partial charge in [-0.25, -0.2) is 12.9 Å². The molecule has 0 saturated heterocycles. The Labute approximate surface area is 172 Å². The van der Waals surface area contributed by atoms with Crippen LogP contribution in [0.2, 0.25) is 5.02 Å². The van der Waals surface area contributed by atoms with E-state index in [1.807, 2.05) is 15.0 Å². The minimum Gasteiger partial charge on any atom is -0.393 e. The number of hydrogen-bond donors (Lipinski definition) is 3. The molecular weight excluding hydrogens is 489 g/mol. The van der Waals surface area contributed by atoms with E-state index in [0.29, 0.717) is 33.3 Å². The summed E-state index contributed by atoms with van der Waals surface area (Å²) in [7, 11) is 0. The Balaban J connectivity index is 1.60. The predicted octanol–water partition coefficient (Wildman–Crippen LogP) is 3.90. The van der Waals surface area contributed by atoms with Crippen LogP contribution >= 0.6 is 45.8 Å². The first-order chi connectivity index (χ1) is 12.5. The maximum Gasteiger partial charge on any atom is 0.171 e. The first-order valence-electron chi connectivity index (χ1n) is 8.00. The molecule has 3 heterocycles. The fourth-order valence-electron chi connectivity index (χ4n) is 2.52. The van der Waals surface area contributed by atoms with Crippen molar-refractivity contribution in [1.82, 2.24) is 18.0 Å². The van der Waals surface area contributed by atoms with Gasteiger partial charge in [0.15, 0.2) is 17.5 Å². The van der Waals surface area contributed by atoms with E-state index < -0.39 is 6.10 Å². The monoisotopic (exact) mass is 503 g/mol. The molecule has 1 aliphatic carbocycles. The normalized spacial score (nSPS) is 15.2. The van der Waals surface area contributed by atoms with Crippen LogP contribution in [0.3, 0.4) is 0 Å². The fraction of sp³-hybridized carbons (Fsp3) is 0.312. The van der Waals surface area contributed by atoms with Gasteiger partial charge in [0.05, 0.1) is 46.2 Å². The van der Waals surface area contributed by atoms with Crippen LogP contribution in [0.1, 0.15) is 35.4 Å². The molecule has 1 atom stereocenters. The lowest BCUT2D eigenvalue weighted by Gasteiger charge is -2.06. The van der Waals surface area contributed by atoms with Gasteiger partial charge < -0.3 is 15.5 Å². The molecule has 136 valence electrons. The average molecular weight is 504 g/mol. The summed E-state index contributed by atoms with van der Waals surface area (Å²) >= 11 is 9.74. The van der Waals surface area contributed by atoms with E-state index in [4.69, 9.17) is 16.7 Å². The Morgan fingerprint density at radius 2 is 2.23 bits per heavy atom. The molecule has 0 aliphatic heterocycles. The minimum atomic E-state index is -0.896. The summed E-state index contributed by atoms with van der Waals surface area (Å²) in [6, 6.07) is 5.59. The Kier molecular flexibility index (Phi) is 5.15. The molecule has 1 unspecified atom stereocenters. The summed E-state index contributed by atoms with van der Waals surface area (Å²) in [6.45, 7) is -0.323. The van der Waals surface area contributed by atoms with E-state index in [1.54, 1.807) is 6.07 Å². The standard InChI is InChI=1S/C16H15ClIN5O2S/c17-9-6-19-16(13-4-3-12(26-13)11(25)7-24)21-15(9)20-14-5-10(8-1-2-8)23(18)22-14/h3-6,8,11,24-25H,1-2,7H2,(H,19,20,21,22). The van der Waals surface area contributed by atoms with Gasteiger partial charge in [0.1, 0.15) is 11.1 Å². The summed E-state index contributed by atoms with van der Waals surface area (Å²) in [5.74, 6) is 2.25. The van der Waals surface area contributed by atoms with Gasteiger partial charge in [-0.1, -0.05) is 11.6 Å². The number of rotatable bonds is 6. The number of halogens is 2. The largest absolute Gasteiger partial charge is 0.393 e. The molecule has 7 nitrogen and oxygen atoms in total. The molecular formula is C16H15ClIN5O2S. The van der Waals surface area contributed by atoms with Crippen LogP contribution in [-0.4, -0.2) is 34.8 Å². The Bertz CT molecular complexity index is 943. The highest BCUT2D eigenvalue weighted by Gasteiger charge is 2.28. The zero-order valence-electron chi connectivity index (χ0n) is 13.4. The van der Waals surface area contributed by atoms with E-state index >= 15 is 0 Å². The van der Waals surface area contributed by atoms with Gasteiger partial charge in [-0.3, -0.25) is 0 Å². The highest BCUT2D eigenvalue weighted by Crippen LogP contribution is 2.41. The van der Waals surface area contributed by atoms with Crippen molar-refractivity contribution in [2.45, 2.75) is 24.9 Å². The molecule has 0 spiro atoms. The summed E-state index contributed by atoms with van der Waals surface area (Å²) < 4.78 is 1.86. The number of aromatic nitrogens is 4. The zero-order chi connectivity index (χ0) is 18.3. The van der Waals surface area contributed by atoms with Crippen molar-refractivity contribution in [3.8, 4) is 10.7 Å². The molecule has 0 bridgehead atoms. The van der Waals surface area contributed by atoms with Crippen LogP contribution in [0.4, 0.5) is 11.6 Å². The van der Waals surface area contributed by atoms with Crippen LogP contribution in [0.15, 0.2) is 24.4 Å². The molecule has 3 aromatic heterocycles. The van der Waals surface area contributed by atoms with E-state index in [-0.39, 0.29) is 6.61 Å². The molecule has 0 amide bonds. The smallest absolute Gasteiger partial charge is 0.171 e. The average Bonchev–Trinajstić information content (AvgIpc) is 3.23.